The zero-order valence-electron chi connectivity index (χ0n) is 17.9. The summed E-state index contributed by atoms with van der Waals surface area (Å²) in [6.07, 6.45) is -4.58. The Morgan fingerprint density at radius 3 is 2.42 bits per heavy atom. The number of hydrogen-bond donors (Lipinski definition) is 1. The first-order valence-corrected chi connectivity index (χ1v) is 11.1. The molecule has 11 heteroatoms. The molecular weight excluding hydrogens is 448 g/mol. The summed E-state index contributed by atoms with van der Waals surface area (Å²) in [7, 11) is 0. The Hall–Kier alpha value is -2.14. The van der Waals surface area contributed by atoms with Crippen molar-refractivity contribution < 1.29 is 26.3 Å². The number of aromatic nitrogens is 2. The van der Waals surface area contributed by atoms with Crippen molar-refractivity contribution in [2.75, 3.05) is 50.7 Å². The molecule has 1 aromatic carbocycles. The van der Waals surface area contributed by atoms with Crippen molar-refractivity contribution in [3.05, 3.63) is 30.1 Å². The first-order valence-electron chi connectivity index (χ1n) is 11.1. The Morgan fingerprint density at radius 2 is 1.76 bits per heavy atom. The summed E-state index contributed by atoms with van der Waals surface area (Å²) in [5.41, 5.74) is -0.882. The lowest BCUT2D eigenvalue weighted by molar-refractivity contribution is -0.180. The fraction of sp³-hybridized carbons (Fsp3) is 0.636. The van der Waals surface area contributed by atoms with Gasteiger partial charge < -0.3 is 15.1 Å². The maximum Gasteiger partial charge on any atom is 0.418 e. The van der Waals surface area contributed by atoms with E-state index in [-0.39, 0.29) is 35.2 Å². The number of rotatable bonds is 3. The van der Waals surface area contributed by atoms with E-state index >= 15 is 0 Å². The van der Waals surface area contributed by atoms with Crippen LogP contribution in [0.4, 0.5) is 32.0 Å². The van der Waals surface area contributed by atoms with Crippen molar-refractivity contribution in [3.8, 4) is 0 Å². The van der Waals surface area contributed by atoms with Gasteiger partial charge in [-0.2, -0.15) is 26.3 Å². The van der Waals surface area contributed by atoms with Crippen molar-refractivity contribution in [1.29, 1.82) is 0 Å². The fourth-order valence-electron chi connectivity index (χ4n) is 5.81. The van der Waals surface area contributed by atoms with Gasteiger partial charge in [-0.25, -0.2) is 0 Å². The zero-order chi connectivity index (χ0) is 23.4. The highest BCUT2D eigenvalue weighted by atomic mass is 19.4. The maximum atomic E-state index is 14.0. The second kappa shape index (κ2) is 7.97. The van der Waals surface area contributed by atoms with Gasteiger partial charge in [0.1, 0.15) is 11.0 Å². The molecular formula is C22H25F6N5. The number of anilines is 1. The van der Waals surface area contributed by atoms with E-state index < -0.39 is 29.8 Å². The van der Waals surface area contributed by atoms with Gasteiger partial charge in [0, 0.05) is 51.0 Å². The summed E-state index contributed by atoms with van der Waals surface area (Å²) in [6, 6.07) is 2.12. The molecule has 180 valence electrons. The van der Waals surface area contributed by atoms with Crippen molar-refractivity contribution in [2.24, 2.45) is 17.3 Å². The van der Waals surface area contributed by atoms with Gasteiger partial charge in [0.15, 0.2) is 0 Å². The van der Waals surface area contributed by atoms with Gasteiger partial charge in [-0.05, 0) is 43.5 Å². The van der Waals surface area contributed by atoms with Crippen LogP contribution in [0, 0.1) is 17.3 Å². The minimum atomic E-state index is -4.63. The molecule has 1 N–H and O–H groups in total. The molecule has 3 aliphatic heterocycles. The van der Waals surface area contributed by atoms with Gasteiger partial charge >= 0.3 is 12.4 Å². The lowest BCUT2D eigenvalue weighted by atomic mass is 9.86. The first-order chi connectivity index (χ1) is 15.6. The second-order valence-electron chi connectivity index (χ2n) is 9.61. The third-order valence-electron chi connectivity index (χ3n) is 7.45. The Bertz CT molecular complexity index is 1020. The number of alkyl halides is 6. The van der Waals surface area contributed by atoms with Crippen LogP contribution >= 0.6 is 0 Å². The van der Waals surface area contributed by atoms with Crippen molar-refractivity contribution in [2.45, 2.75) is 25.2 Å². The van der Waals surface area contributed by atoms with Gasteiger partial charge in [-0.3, -0.25) is 9.97 Å². The molecule has 0 radical (unpaired) electrons. The Balaban J connectivity index is 1.42. The highest BCUT2D eigenvalue weighted by Gasteiger charge is 2.51. The van der Waals surface area contributed by atoms with Crippen LogP contribution in [0.15, 0.2) is 24.5 Å². The average Bonchev–Trinajstić information content (AvgIpc) is 3.47. The molecule has 1 spiro atoms. The fourth-order valence-corrected chi connectivity index (χ4v) is 5.81. The summed E-state index contributed by atoms with van der Waals surface area (Å²) in [4.78, 5) is 11.6. The van der Waals surface area contributed by atoms with E-state index in [2.05, 4.69) is 20.2 Å². The predicted molar refractivity (Wildman–Crippen MR) is 111 cm³/mol. The number of nitrogens with one attached hydrogen (secondary N) is 1. The minimum absolute atomic E-state index is 0.0222. The van der Waals surface area contributed by atoms with Gasteiger partial charge in [0.05, 0.1) is 17.2 Å². The van der Waals surface area contributed by atoms with E-state index in [4.69, 9.17) is 0 Å². The number of likely N-dealkylation sites (tertiary alicyclic amines) is 1. The highest BCUT2D eigenvalue weighted by Crippen LogP contribution is 2.44. The van der Waals surface area contributed by atoms with E-state index in [1.165, 1.54) is 17.2 Å². The molecule has 0 amide bonds. The SMILES string of the molecule is FC(F)(F)c1ccc(N2C[C@@H](CN3CCC4(CCNC4)C3)[C@H](C(F)(F)F)C2)c2nccnc12. The van der Waals surface area contributed by atoms with Gasteiger partial charge in [-0.15, -0.1) is 0 Å². The summed E-state index contributed by atoms with van der Waals surface area (Å²) in [5.74, 6) is -2.21. The standard InChI is InChI=1S/C22H25F6N5/c23-21(24,25)15-1-2-17(19-18(15)30-6-7-31-19)33-10-14(16(11-33)22(26,27)28)9-32-8-4-20(13-32)3-5-29-12-20/h1-2,6-7,14,16,29H,3-5,8-13H2/t14-,16-,20?/m1/s1. The van der Waals surface area contributed by atoms with Crippen molar-refractivity contribution in [1.82, 2.24) is 20.2 Å². The number of fused-ring (bicyclic) bond motifs is 1. The summed E-state index contributed by atoms with van der Waals surface area (Å²) >= 11 is 0. The molecule has 5 nitrogen and oxygen atoms in total. The normalized spacial score (nSPS) is 29.1. The molecule has 5 rings (SSSR count). The van der Waals surface area contributed by atoms with Crippen LogP contribution < -0.4 is 10.2 Å². The third-order valence-corrected chi connectivity index (χ3v) is 7.45. The molecule has 1 unspecified atom stereocenters. The Morgan fingerprint density at radius 1 is 1.00 bits per heavy atom. The van der Waals surface area contributed by atoms with Crippen molar-refractivity contribution in [3.63, 3.8) is 0 Å². The Kier molecular flexibility index (Phi) is 5.47. The van der Waals surface area contributed by atoms with Crippen LogP contribution in [0.5, 0.6) is 0 Å². The van der Waals surface area contributed by atoms with E-state index in [1.54, 1.807) is 0 Å². The number of nitrogens with zero attached hydrogens (tertiary/aromatic N) is 4. The topological polar surface area (TPSA) is 44.3 Å². The van der Waals surface area contributed by atoms with Gasteiger partial charge in [0.2, 0.25) is 0 Å². The molecule has 3 fully saturated rings. The molecule has 1 aromatic heterocycles. The van der Waals surface area contributed by atoms with Crippen LogP contribution in [-0.2, 0) is 6.18 Å². The molecule has 2 aromatic rings. The molecule has 4 heterocycles. The quantitative estimate of drug-likeness (QED) is 0.685. The largest absolute Gasteiger partial charge is 0.418 e. The predicted octanol–water partition coefficient (Wildman–Crippen LogP) is 3.95. The second-order valence-corrected chi connectivity index (χ2v) is 9.61. The van der Waals surface area contributed by atoms with Gasteiger partial charge in [0.25, 0.3) is 0 Å². The third kappa shape index (κ3) is 4.25. The molecule has 33 heavy (non-hydrogen) atoms. The van der Waals surface area contributed by atoms with Crippen LogP contribution in [0.2, 0.25) is 0 Å². The molecule has 3 atom stereocenters. The lowest BCUT2D eigenvalue weighted by Crippen LogP contribution is -2.38. The maximum absolute atomic E-state index is 14.0. The van der Waals surface area contributed by atoms with Crippen molar-refractivity contribution >= 4 is 16.7 Å². The van der Waals surface area contributed by atoms with E-state index in [1.807, 2.05) is 0 Å². The van der Waals surface area contributed by atoms with Crippen LogP contribution in [0.1, 0.15) is 18.4 Å². The summed E-state index contributed by atoms with van der Waals surface area (Å²) < 4.78 is 82.2. The molecule has 0 aliphatic carbocycles. The number of halogens is 6. The zero-order valence-corrected chi connectivity index (χ0v) is 17.9. The van der Waals surface area contributed by atoms with Crippen LogP contribution in [-0.4, -0.2) is 66.9 Å². The molecule has 0 bridgehead atoms. The van der Waals surface area contributed by atoms with E-state index in [9.17, 15) is 26.3 Å². The van der Waals surface area contributed by atoms with E-state index in [0.29, 0.717) is 6.54 Å². The molecule has 0 saturated carbocycles. The number of hydrogen-bond acceptors (Lipinski definition) is 5. The number of benzene rings is 1. The summed E-state index contributed by atoms with van der Waals surface area (Å²) in [5, 5.41) is 3.36. The average molecular weight is 473 g/mol. The summed E-state index contributed by atoms with van der Waals surface area (Å²) in [6.45, 7) is 3.55. The smallest absolute Gasteiger partial charge is 0.369 e. The highest BCUT2D eigenvalue weighted by molar-refractivity contribution is 5.91. The van der Waals surface area contributed by atoms with Crippen LogP contribution in [0.3, 0.4) is 0 Å². The van der Waals surface area contributed by atoms with Gasteiger partial charge in [-0.1, -0.05) is 0 Å². The molecule has 3 saturated heterocycles. The lowest BCUT2D eigenvalue weighted by Gasteiger charge is -2.27. The van der Waals surface area contributed by atoms with Crippen LogP contribution in [0.25, 0.3) is 11.0 Å². The van der Waals surface area contributed by atoms with E-state index in [0.717, 1.165) is 51.3 Å². The Labute approximate surface area is 187 Å². The minimum Gasteiger partial charge on any atom is -0.369 e. The monoisotopic (exact) mass is 473 g/mol. The first kappa shape index (κ1) is 22.6. The molecule has 3 aliphatic rings.